The molecule has 2 aliphatic carbocycles. The average Bonchev–Trinajstić information content (AvgIpc) is 2.70. The van der Waals surface area contributed by atoms with E-state index in [-0.39, 0.29) is 0 Å². The molecule has 2 rings (SSSR count). The van der Waals surface area contributed by atoms with Crippen molar-refractivity contribution in [3.8, 4) is 0 Å². The summed E-state index contributed by atoms with van der Waals surface area (Å²) in [6.45, 7) is 9.63. The molecule has 0 fully saturated rings. The molecule has 1 radical (unpaired) electrons. The van der Waals surface area contributed by atoms with E-state index in [0.29, 0.717) is 5.41 Å². The second-order valence-electron chi connectivity index (χ2n) is 6.74. The lowest BCUT2D eigenvalue weighted by Crippen LogP contribution is -2.27. The summed E-state index contributed by atoms with van der Waals surface area (Å²) >= 11 is 0. The van der Waals surface area contributed by atoms with E-state index in [2.05, 4.69) is 40.2 Å². The molecule has 0 aromatic carbocycles. The second-order valence-corrected chi connectivity index (χ2v) is 7.90. The highest BCUT2D eigenvalue weighted by Crippen LogP contribution is 2.47. The van der Waals surface area contributed by atoms with E-state index < -0.39 is 0 Å². The van der Waals surface area contributed by atoms with Gasteiger partial charge in [-0.05, 0) is 48.1 Å². The predicted molar refractivity (Wildman–Crippen MR) is 80.2 cm³/mol. The molecule has 0 heterocycles. The molecule has 0 nitrogen and oxygen atoms in total. The Balaban J connectivity index is 2.12. The van der Waals surface area contributed by atoms with Crippen LogP contribution in [0.1, 0.15) is 53.4 Å². The van der Waals surface area contributed by atoms with Gasteiger partial charge in [-0.3, -0.25) is 0 Å². The Labute approximate surface area is 110 Å². The first-order valence-corrected chi connectivity index (χ1v) is 8.36. The molecule has 0 spiro atoms. The molecule has 0 aliphatic heterocycles. The number of hydrogen-bond donors (Lipinski definition) is 0. The molecule has 0 aromatic heterocycles. The molecule has 0 saturated carbocycles. The molecular weight excluding hydrogens is 220 g/mol. The van der Waals surface area contributed by atoms with Gasteiger partial charge in [0.25, 0.3) is 0 Å². The van der Waals surface area contributed by atoms with Crippen LogP contribution in [0.15, 0.2) is 22.8 Å². The van der Waals surface area contributed by atoms with Gasteiger partial charge in [0, 0.05) is 16.7 Å². The van der Waals surface area contributed by atoms with Crippen molar-refractivity contribution in [2.45, 2.75) is 58.9 Å². The highest BCUT2D eigenvalue weighted by Gasteiger charge is 2.33. The molecule has 1 atom stereocenters. The molecule has 1 heteroatoms. The van der Waals surface area contributed by atoms with Crippen molar-refractivity contribution in [3.63, 3.8) is 0 Å². The van der Waals surface area contributed by atoms with Crippen LogP contribution in [-0.4, -0.2) is 10.2 Å². The molecule has 0 saturated heterocycles. The summed E-state index contributed by atoms with van der Waals surface area (Å²) < 4.78 is 0. The summed E-state index contributed by atoms with van der Waals surface area (Å²) in [5.74, 6) is 0.761. The minimum absolute atomic E-state index is 0.448. The fourth-order valence-electron chi connectivity index (χ4n) is 2.91. The van der Waals surface area contributed by atoms with Crippen molar-refractivity contribution in [2.75, 3.05) is 0 Å². The zero-order chi connectivity index (χ0) is 12.6. The molecule has 17 heavy (non-hydrogen) atoms. The van der Waals surface area contributed by atoms with Crippen LogP contribution in [0.25, 0.3) is 0 Å². The van der Waals surface area contributed by atoms with Crippen LogP contribution < -0.4 is 0 Å². The summed E-state index contributed by atoms with van der Waals surface area (Å²) in [4.78, 5) is 0. The zero-order valence-electron chi connectivity index (χ0n) is 12.1. The Morgan fingerprint density at radius 3 is 2.24 bits per heavy atom. The fraction of sp³-hybridized carbons (Fsp3) is 0.688. The highest BCUT2D eigenvalue weighted by atomic mass is 28.1. The van der Waals surface area contributed by atoms with Gasteiger partial charge in [-0.1, -0.05) is 44.9 Å². The monoisotopic (exact) mass is 247 g/mol. The van der Waals surface area contributed by atoms with E-state index in [9.17, 15) is 0 Å². The van der Waals surface area contributed by atoms with Gasteiger partial charge in [0.05, 0.1) is 0 Å². The quantitative estimate of drug-likeness (QED) is 0.665. The van der Waals surface area contributed by atoms with Gasteiger partial charge in [-0.2, -0.15) is 0 Å². The third-order valence-corrected chi connectivity index (χ3v) is 7.50. The van der Waals surface area contributed by atoms with Crippen LogP contribution in [0.4, 0.5) is 0 Å². The SMILES string of the molecule is CC(C)C(C)(C)C([SiH3])C1=CC2=C([CH]1)CCCC2. The number of allylic oxidation sites excluding steroid dienone is 4. The minimum Gasteiger partial charge on any atom is -0.0623 e. The van der Waals surface area contributed by atoms with Gasteiger partial charge < -0.3 is 0 Å². The van der Waals surface area contributed by atoms with E-state index in [0.717, 1.165) is 11.5 Å². The zero-order valence-corrected chi connectivity index (χ0v) is 14.1. The summed E-state index contributed by atoms with van der Waals surface area (Å²) in [5, 5.41) is 0. The van der Waals surface area contributed by atoms with Crippen LogP contribution in [0.5, 0.6) is 0 Å². The van der Waals surface area contributed by atoms with E-state index in [4.69, 9.17) is 0 Å². The molecule has 2 aliphatic rings. The van der Waals surface area contributed by atoms with Crippen molar-refractivity contribution in [2.24, 2.45) is 11.3 Å². The molecule has 95 valence electrons. The first-order valence-electron chi connectivity index (χ1n) is 7.21. The Hall–Kier alpha value is -0.303. The lowest BCUT2D eigenvalue weighted by atomic mass is 9.75. The van der Waals surface area contributed by atoms with Crippen LogP contribution >= 0.6 is 0 Å². The summed E-state index contributed by atoms with van der Waals surface area (Å²) in [5.41, 5.74) is 6.21. The van der Waals surface area contributed by atoms with Crippen LogP contribution in [0, 0.1) is 17.8 Å². The molecular formula is C16H27Si. The van der Waals surface area contributed by atoms with Gasteiger partial charge in [-0.15, -0.1) is 0 Å². The van der Waals surface area contributed by atoms with Crippen molar-refractivity contribution >= 4 is 10.2 Å². The first-order chi connectivity index (χ1) is 7.93. The van der Waals surface area contributed by atoms with Gasteiger partial charge in [0.15, 0.2) is 0 Å². The smallest absolute Gasteiger partial charge is 0.0126 e. The predicted octanol–water partition coefficient (Wildman–Crippen LogP) is 3.84. The first kappa shape index (κ1) is 13.1. The molecule has 0 N–H and O–H groups in total. The standard InChI is InChI=1S/C16H27Si/c1-11(2)16(3,4)15(17)14-9-12-7-5-6-8-13(12)10-14/h9-11,15H,5-8H2,1-4,17H3. The minimum atomic E-state index is 0.448. The van der Waals surface area contributed by atoms with E-state index in [1.807, 2.05) is 0 Å². The molecule has 0 bridgehead atoms. The Morgan fingerprint density at radius 1 is 1.12 bits per heavy atom. The van der Waals surface area contributed by atoms with Crippen molar-refractivity contribution in [3.05, 3.63) is 29.2 Å². The largest absolute Gasteiger partial charge is 0.0623 e. The fourth-order valence-corrected chi connectivity index (χ4v) is 3.91. The normalized spacial score (nSPS) is 23.0. The van der Waals surface area contributed by atoms with Gasteiger partial charge >= 0.3 is 0 Å². The molecule has 0 amide bonds. The second kappa shape index (κ2) is 4.76. The van der Waals surface area contributed by atoms with Gasteiger partial charge in [0.2, 0.25) is 0 Å². The molecule has 1 unspecified atom stereocenters. The number of hydrogen-bond acceptors (Lipinski definition) is 0. The third kappa shape index (κ3) is 2.45. The Morgan fingerprint density at radius 2 is 1.71 bits per heavy atom. The topological polar surface area (TPSA) is 0 Å². The maximum Gasteiger partial charge on any atom is 0.0126 e. The van der Waals surface area contributed by atoms with Crippen molar-refractivity contribution in [1.82, 2.24) is 0 Å². The Bertz CT molecular complexity index is 358. The summed E-state index contributed by atoms with van der Waals surface area (Å²) in [6, 6.07) is 0. The lowest BCUT2D eigenvalue weighted by molar-refractivity contribution is 0.249. The average molecular weight is 247 g/mol. The van der Waals surface area contributed by atoms with Crippen molar-refractivity contribution < 1.29 is 0 Å². The van der Waals surface area contributed by atoms with Crippen LogP contribution in [0.2, 0.25) is 5.54 Å². The van der Waals surface area contributed by atoms with Crippen LogP contribution in [0.3, 0.4) is 0 Å². The summed E-state index contributed by atoms with van der Waals surface area (Å²) in [7, 11) is 1.27. The van der Waals surface area contributed by atoms with E-state index in [1.54, 1.807) is 16.7 Å². The van der Waals surface area contributed by atoms with Crippen molar-refractivity contribution in [1.29, 1.82) is 0 Å². The highest BCUT2D eigenvalue weighted by molar-refractivity contribution is 6.14. The Kier molecular flexibility index (Phi) is 3.68. The maximum absolute atomic E-state index is 2.52. The van der Waals surface area contributed by atoms with E-state index in [1.165, 1.54) is 35.9 Å². The lowest BCUT2D eigenvalue weighted by Gasteiger charge is -2.37. The summed E-state index contributed by atoms with van der Waals surface area (Å²) in [6.07, 6.45) is 10.5. The van der Waals surface area contributed by atoms with Gasteiger partial charge in [-0.25, -0.2) is 0 Å². The molecule has 0 aromatic rings. The maximum atomic E-state index is 2.52. The van der Waals surface area contributed by atoms with E-state index >= 15 is 0 Å². The van der Waals surface area contributed by atoms with Crippen LogP contribution in [-0.2, 0) is 0 Å². The number of rotatable bonds is 3. The van der Waals surface area contributed by atoms with Gasteiger partial charge in [0.1, 0.15) is 0 Å². The third-order valence-electron chi connectivity index (χ3n) is 5.34.